The van der Waals surface area contributed by atoms with Crippen LogP contribution in [0.4, 0.5) is 0 Å². The highest BCUT2D eigenvalue weighted by Crippen LogP contribution is 2.31. The van der Waals surface area contributed by atoms with Crippen LogP contribution in [0.5, 0.6) is 5.75 Å². The minimum Gasteiger partial charge on any atom is -0.489 e. The fourth-order valence-corrected chi connectivity index (χ4v) is 2.33. The summed E-state index contributed by atoms with van der Waals surface area (Å²) in [7, 11) is 0. The van der Waals surface area contributed by atoms with E-state index in [1.807, 2.05) is 6.07 Å². The maximum atomic E-state index is 10.1. The zero-order valence-electron chi connectivity index (χ0n) is 9.45. The summed E-state index contributed by atoms with van der Waals surface area (Å²) in [5, 5.41) is 19.5. The van der Waals surface area contributed by atoms with Crippen molar-refractivity contribution in [2.45, 2.75) is 31.3 Å². The number of hydrogen-bond donors (Lipinski definition) is 1. The number of nitrogens with zero attached hydrogens (tertiary/aromatic N) is 1. The van der Waals surface area contributed by atoms with Gasteiger partial charge in [0.1, 0.15) is 24.0 Å². The number of halogens is 1. The smallest absolute Gasteiger partial charge is 0.138 e. The van der Waals surface area contributed by atoms with Gasteiger partial charge in [0.15, 0.2) is 0 Å². The third-order valence-corrected chi connectivity index (χ3v) is 3.43. The molecule has 1 fully saturated rings. The highest BCUT2D eigenvalue weighted by atomic mass is 35.5. The Morgan fingerprint density at radius 2 is 2.12 bits per heavy atom. The molecule has 3 nitrogen and oxygen atoms in total. The maximum absolute atomic E-state index is 10.1. The third-order valence-electron chi connectivity index (χ3n) is 3.12. The molecule has 90 valence electrons. The Hall–Kier alpha value is -1.24. The molecule has 2 rings (SSSR count). The van der Waals surface area contributed by atoms with Gasteiger partial charge in [0.2, 0.25) is 0 Å². The van der Waals surface area contributed by atoms with Crippen molar-refractivity contribution in [2.75, 3.05) is 6.61 Å². The van der Waals surface area contributed by atoms with Crippen LogP contribution >= 0.6 is 11.6 Å². The highest BCUT2D eigenvalue weighted by molar-refractivity contribution is 6.31. The summed E-state index contributed by atoms with van der Waals surface area (Å²) in [6, 6.07) is 7.09. The van der Waals surface area contributed by atoms with Crippen LogP contribution < -0.4 is 4.74 Å². The average Bonchev–Trinajstić information content (AvgIpc) is 2.74. The number of nitriles is 1. The Bertz CT molecular complexity index is 447. The minimum atomic E-state index is -0.741. The second kappa shape index (κ2) is 4.95. The third kappa shape index (κ3) is 2.71. The van der Waals surface area contributed by atoms with Crippen LogP contribution in [0.15, 0.2) is 18.2 Å². The van der Waals surface area contributed by atoms with E-state index in [-0.39, 0.29) is 6.61 Å². The fourth-order valence-electron chi connectivity index (χ4n) is 2.12. The SMILES string of the molecule is N#Cc1c(Cl)cccc1OCC1(O)CCCC1. The Morgan fingerprint density at radius 1 is 1.41 bits per heavy atom. The number of hydrogen-bond acceptors (Lipinski definition) is 3. The minimum absolute atomic E-state index is 0.224. The molecule has 17 heavy (non-hydrogen) atoms. The molecule has 1 aliphatic carbocycles. The molecule has 1 aliphatic rings. The van der Waals surface area contributed by atoms with Crippen LogP contribution in [0.25, 0.3) is 0 Å². The molecule has 0 saturated heterocycles. The van der Waals surface area contributed by atoms with Gasteiger partial charge in [-0.3, -0.25) is 0 Å². The number of benzene rings is 1. The first-order valence-electron chi connectivity index (χ1n) is 5.68. The molecular weight excluding hydrogens is 238 g/mol. The summed E-state index contributed by atoms with van der Waals surface area (Å²) in [5.41, 5.74) is -0.412. The molecule has 0 spiro atoms. The van der Waals surface area contributed by atoms with Crippen LogP contribution in [0.1, 0.15) is 31.2 Å². The molecule has 4 heteroatoms. The molecule has 1 aromatic carbocycles. The predicted molar refractivity (Wildman–Crippen MR) is 65.1 cm³/mol. The summed E-state index contributed by atoms with van der Waals surface area (Å²) in [6.07, 6.45) is 3.58. The second-order valence-electron chi connectivity index (χ2n) is 4.44. The van der Waals surface area contributed by atoms with E-state index in [1.165, 1.54) is 0 Å². The summed E-state index contributed by atoms with van der Waals surface area (Å²) < 4.78 is 5.54. The van der Waals surface area contributed by atoms with Gasteiger partial charge in [0.05, 0.1) is 10.6 Å². The van der Waals surface area contributed by atoms with Gasteiger partial charge in [-0.1, -0.05) is 30.5 Å². The van der Waals surface area contributed by atoms with Gasteiger partial charge in [-0.25, -0.2) is 0 Å². The Kier molecular flexibility index (Phi) is 3.56. The largest absolute Gasteiger partial charge is 0.489 e. The van der Waals surface area contributed by atoms with E-state index in [9.17, 15) is 5.11 Å². The number of aliphatic hydroxyl groups is 1. The zero-order chi connectivity index (χ0) is 12.3. The van der Waals surface area contributed by atoms with Crippen molar-refractivity contribution < 1.29 is 9.84 Å². The fraction of sp³-hybridized carbons (Fsp3) is 0.462. The molecule has 0 aromatic heterocycles. The summed E-state index contributed by atoms with van der Waals surface area (Å²) >= 11 is 5.89. The van der Waals surface area contributed by atoms with Crippen molar-refractivity contribution in [1.82, 2.24) is 0 Å². The van der Waals surface area contributed by atoms with Gasteiger partial charge < -0.3 is 9.84 Å². The van der Waals surface area contributed by atoms with Crippen molar-refractivity contribution in [3.05, 3.63) is 28.8 Å². The standard InChI is InChI=1S/C13H14ClNO2/c14-11-4-3-5-12(10(11)8-15)17-9-13(16)6-1-2-7-13/h3-5,16H,1-2,6-7,9H2. The molecular formula is C13H14ClNO2. The molecule has 1 aromatic rings. The van der Waals surface area contributed by atoms with Gasteiger partial charge in [0, 0.05) is 0 Å². The molecule has 0 amide bonds. The van der Waals surface area contributed by atoms with Crippen molar-refractivity contribution >= 4 is 11.6 Å². The lowest BCUT2D eigenvalue weighted by molar-refractivity contribution is 0.00133. The zero-order valence-corrected chi connectivity index (χ0v) is 10.2. The first-order chi connectivity index (χ1) is 8.14. The van der Waals surface area contributed by atoms with Gasteiger partial charge in [-0.05, 0) is 25.0 Å². The van der Waals surface area contributed by atoms with Gasteiger partial charge in [-0.2, -0.15) is 5.26 Å². The highest BCUT2D eigenvalue weighted by Gasteiger charge is 2.32. The molecule has 1 N–H and O–H groups in total. The molecule has 0 aliphatic heterocycles. The van der Waals surface area contributed by atoms with E-state index in [0.717, 1.165) is 25.7 Å². The van der Waals surface area contributed by atoms with E-state index < -0.39 is 5.60 Å². The van der Waals surface area contributed by atoms with Crippen LogP contribution in [-0.2, 0) is 0 Å². The molecule has 0 bridgehead atoms. The van der Waals surface area contributed by atoms with E-state index in [4.69, 9.17) is 21.6 Å². The van der Waals surface area contributed by atoms with Crippen LogP contribution in [0.3, 0.4) is 0 Å². The van der Waals surface area contributed by atoms with Crippen LogP contribution in [-0.4, -0.2) is 17.3 Å². The maximum Gasteiger partial charge on any atom is 0.138 e. The molecule has 1 saturated carbocycles. The summed E-state index contributed by atoms with van der Waals surface area (Å²) in [4.78, 5) is 0. The summed E-state index contributed by atoms with van der Waals surface area (Å²) in [5.74, 6) is 0.445. The number of rotatable bonds is 3. The Balaban J connectivity index is 2.09. The lowest BCUT2D eigenvalue weighted by Gasteiger charge is -2.22. The van der Waals surface area contributed by atoms with Crippen LogP contribution in [0, 0.1) is 11.3 Å². The molecule has 0 radical (unpaired) electrons. The van der Waals surface area contributed by atoms with Crippen molar-refractivity contribution in [1.29, 1.82) is 5.26 Å². The Morgan fingerprint density at radius 3 is 2.76 bits per heavy atom. The Labute approximate surface area is 106 Å². The lowest BCUT2D eigenvalue weighted by atomic mass is 10.0. The van der Waals surface area contributed by atoms with Crippen molar-refractivity contribution in [2.24, 2.45) is 0 Å². The van der Waals surface area contributed by atoms with Gasteiger partial charge in [0.25, 0.3) is 0 Å². The van der Waals surface area contributed by atoms with E-state index in [1.54, 1.807) is 18.2 Å². The summed E-state index contributed by atoms with van der Waals surface area (Å²) in [6.45, 7) is 0.224. The molecule has 0 atom stereocenters. The second-order valence-corrected chi connectivity index (χ2v) is 4.85. The van der Waals surface area contributed by atoms with E-state index in [0.29, 0.717) is 16.3 Å². The molecule has 0 unspecified atom stereocenters. The first-order valence-corrected chi connectivity index (χ1v) is 6.06. The van der Waals surface area contributed by atoms with Gasteiger partial charge in [-0.15, -0.1) is 0 Å². The normalized spacial score (nSPS) is 17.7. The topological polar surface area (TPSA) is 53.2 Å². The average molecular weight is 252 g/mol. The van der Waals surface area contributed by atoms with Crippen LogP contribution in [0.2, 0.25) is 5.02 Å². The van der Waals surface area contributed by atoms with Gasteiger partial charge >= 0.3 is 0 Å². The monoisotopic (exact) mass is 251 g/mol. The molecule has 0 heterocycles. The van der Waals surface area contributed by atoms with E-state index >= 15 is 0 Å². The predicted octanol–water partition coefficient (Wildman–Crippen LogP) is 2.90. The lowest BCUT2D eigenvalue weighted by Crippen LogP contribution is -2.32. The first kappa shape index (κ1) is 12.2. The van der Waals surface area contributed by atoms with Crippen molar-refractivity contribution in [3.63, 3.8) is 0 Å². The van der Waals surface area contributed by atoms with E-state index in [2.05, 4.69) is 0 Å². The quantitative estimate of drug-likeness (QED) is 0.899. The number of ether oxygens (including phenoxy) is 1. The van der Waals surface area contributed by atoms with Crippen molar-refractivity contribution in [3.8, 4) is 11.8 Å².